The number of aromatic nitrogens is 3. The molecule has 3 aromatic rings. The lowest BCUT2D eigenvalue weighted by Crippen LogP contribution is -2.04. The van der Waals surface area contributed by atoms with E-state index in [-0.39, 0.29) is 6.04 Å². The van der Waals surface area contributed by atoms with Crippen LogP contribution in [0.25, 0.3) is 11.3 Å². The molecule has 3 heteroatoms. The largest absolute Gasteiger partial charge is 0.330 e. The fraction of sp³-hybridized carbons (Fsp3) is 0.222. The van der Waals surface area contributed by atoms with Gasteiger partial charge in [-0.15, -0.1) is 0 Å². The topological polar surface area (TPSA) is 30.7 Å². The Balaban J connectivity index is 0.000000774. The molecule has 0 fully saturated rings. The Kier molecular flexibility index (Phi) is 5.27. The minimum Gasteiger partial charge on any atom is -0.330 e. The van der Waals surface area contributed by atoms with Crippen LogP contribution in [0.3, 0.4) is 0 Å². The second-order valence-electron chi connectivity index (χ2n) is 4.53. The third-order valence-electron chi connectivity index (χ3n) is 3.31. The summed E-state index contributed by atoms with van der Waals surface area (Å²) >= 11 is 0. The average molecular weight is 279 g/mol. The number of hydrogen-bond donors (Lipinski definition) is 0. The maximum Gasteiger partial charge on any atom is 0.0951 e. The van der Waals surface area contributed by atoms with Gasteiger partial charge in [0.15, 0.2) is 0 Å². The molecule has 0 bridgehead atoms. The van der Waals surface area contributed by atoms with Gasteiger partial charge in [-0.3, -0.25) is 4.98 Å². The van der Waals surface area contributed by atoms with E-state index < -0.39 is 0 Å². The van der Waals surface area contributed by atoms with Crippen LogP contribution in [0.2, 0.25) is 0 Å². The van der Waals surface area contributed by atoms with Crippen molar-refractivity contribution in [2.45, 2.75) is 26.8 Å². The van der Waals surface area contributed by atoms with Crippen molar-refractivity contribution in [3.8, 4) is 11.3 Å². The van der Waals surface area contributed by atoms with Crippen LogP contribution in [0, 0.1) is 0 Å². The van der Waals surface area contributed by atoms with E-state index in [1.807, 2.05) is 50.8 Å². The van der Waals surface area contributed by atoms with Crippen LogP contribution in [0.4, 0.5) is 0 Å². The van der Waals surface area contributed by atoms with E-state index in [0.717, 1.165) is 11.3 Å². The zero-order valence-corrected chi connectivity index (χ0v) is 12.8. The van der Waals surface area contributed by atoms with Crippen molar-refractivity contribution in [3.63, 3.8) is 0 Å². The molecule has 0 radical (unpaired) electrons. The smallest absolute Gasteiger partial charge is 0.0951 e. The first-order chi connectivity index (χ1) is 10.3. The van der Waals surface area contributed by atoms with Crippen molar-refractivity contribution < 1.29 is 0 Å². The quantitative estimate of drug-likeness (QED) is 0.702. The summed E-state index contributed by atoms with van der Waals surface area (Å²) in [4.78, 5) is 8.62. The molecule has 0 spiro atoms. The Morgan fingerprint density at radius 2 is 1.76 bits per heavy atom. The molecular weight excluding hydrogens is 258 g/mol. The van der Waals surface area contributed by atoms with Gasteiger partial charge >= 0.3 is 0 Å². The summed E-state index contributed by atoms with van der Waals surface area (Å²) in [6, 6.07) is 14.7. The van der Waals surface area contributed by atoms with Gasteiger partial charge < -0.3 is 4.57 Å². The zero-order chi connectivity index (χ0) is 15.1. The summed E-state index contributed by atoms with van der Waals surface area (Å²) in [5.74, 6) is 0. The van der Waals surface area contributed by atoms with Gasteiger partial charge in [0.05, 0.1) is 18.1 Å². The van der Waals surface area contributed by atoms with Gasteiger partial charge in [-0.1, -0.05) is 50.2 Å². The second-order valence-corrected chi connectivity index (χ2v) is 4.53. The molecule has 0 saturated carbocycles. The number of rotatable bonds is 3. The van der Waals surface area contributed by atoms with Gasteiger partial charge in [0.2, 0.25) is 0 Å². The van der Waals surface area contributed by atoms with Gasteiger partial charge in [0.25, 0.3) is 0 Å². The van der Waals surface area contributed by atoms with Crippen LogP contribution in [0.15, 0.2) is 67.4 Å². The number of hydrogen-bond acceptors (Lipinski definition) is 2. The molecule has 1 unspecified atom stereocenters. The second kappa shape index (κ2) is 7.39. The van der Waals surface area contributed by atoms with Crippen molar-refractivity contribution in [1.82, 2.24) is 14.5 Å². The standard InChI is InChI=1S/C16H15N3.C2H6/c1-13(19-10-9-17-12-19)15-7-8-16(18-11-15)14-5-3-2-4-6-14;1-2/h2-13H,1H3;1-2H3. The molecule has 1 atom stereocenters. The van der Waals surface area contributed by atoms with Crippen molar-refractivity contribution >= 4 is 0 Å². The Bertz CT molecular complexity index is 628. The Morgan fingerprint density at radius 1 is 1.00 bits per heavy atom. The first-order valence-electron chi connectivity index (χ1n) is 7.33. The van der Waals surface area contributed by atoms with Crippen LogP contribution in [0.1, 0.15) is 32.4 Å². The summed E-state index contributed by atoms with van der Waals surface area (Å²) in [6.45, 7) is 6.14. The third-order valence-corrected chi connectivity index (χ3v) is 3.31. The highest BCUT2D eigenvalue weighted by Gasteiger charge is 2.07. The highest BCUT2D eigenvalue weighted by Crippen LogP contribution is 2.20. The summed E-state index contributed by atoms with van der Waals surface area (Å²) in [6.07, 6.45) is 7.53. The van der Waals surface area contributed by atoms with E-state index >= 15 is 0 Å². The lowest BCUT2D eigenvalue weighted by molar-refractivity contribution is 0.636. The summed E-state index contributed by atoms with van der Waals surface area (Å²) in [5, 5.41) is 0. The molecule has 0 N–H and O–H groups in total. The average Bonchev–Trinajstić information content (AvgIpc) is 3.11. The van der Waals surface area contributed by atoms with Crippen LogP contribution >= 0.6 is 0 Å². The predicted octanol–water partition coefficient (Wildman–Crippen LogP) is 4.58. The number of benzene rings is 1. The molecule has 0 aliphatic rings. The molecule has 2 aromatic heterocycles. The Morgan fingerprint density at radius 3 is 2.33 bits per heavy atom. The lowest BCUT2D eigenvalue weighted by atomic mass is 10.1. The molecule has 21 heavy (non-hydrogen) atoms. The lowest BCUT2D eigenvalue weighted by Gasteiger charge is -2.13. The van der Waals surface area contributed by atoms with Gasteiger partial charge in [0, 0.05) is 24.2 Å². The first kappa shape index (κ1) is 15.0. The van der Waals surface area contributed by atoms with Gasteiger partial charge in [-0.25, -0.2) is 4.98 Å². The summed E-state index contributed by atoms with van der Waals surface area (Å²) < 4.78 is 2.07. The normalized spacial score (nSPS) is 11.4. The molecule has 0 amide bonds. The van der Waals surface area contributed by atoms with E-state index in [1.54, 1.807) is 6.20 Å². The van der Waals surface area contributed by atoms with Crippen LogP contribution in [-0.2, 0) is 0 Å². The van der Waals surface area contributed by atoms with Crippen molar-refractivity contribution in [2.24, 2.45) is 0 Å². The predicted molar refractivity (Wildman–Crippen MR) is 87.1 cm³/mol. The molecular formula is C18H21N3. The maximum atomic E-state index is 4.55. The van der Waals surface area contributed by atoms with E-state index in [0.29, 0.717) is 0 Å². The van der Waals surface area contributed by atoms with E-state index in [9.17, 15) is 0 Å². The van der Waals surface area contributed by atoms with E-state index in [1.165, 1.54) is 5.56 Å². The maximum absolute atomic E-state index is 4.55. The molecule has 108 valence electrons. The molecule has 0 saturated heterocycles. The summed E-state index contributed by atoms with van der Waals surface area (Å²) in [5.41, 5.74) is 3.32. The minimum atomic E-state index is 0.250. The van der Waals surface area contributed by atoms with Crippen molar-refractivity contribution in [3.05, 3.63) is 72.9 Å². The zero-order valence-electron chi connectivity index (χ0n) is 12.8. The fourth-order valence-corrected chi connectivity index (χ4v) is 2.10. The molecule has 2 heterocycles. The fourth-order valence-electron chi connectivity index (χ4n) is 2.10. The molecule has 3 rings (SSSR count). The van der Waals surface area contributed by atoms with E-state index in [4.69, 9.17) is 0 Å². The van der Waals surface area contributed by atoms with Crippen LogP contribution < -0.4 is 0 Å². The van der Waals surface area contributed by atoms with Gasteiger partial charge in [0.1, 0.15) is 0 Å². The van der Waals surface area contributed by atoms with E-state index in [2.05, 4.69) is 45.7 Å². The van der Waals surface area contributed by atoms with Crippen molar-refractivity contribution in [1.29, 1.82) is 0 Å². The highest BCUT2D eigenvalue weighted by molar-refractivity contribution is 5.58. The van der Waals surface area contributed by atoms with Crippen LogP contribution in [0.5, 0.6) is 0 Å². The van der Waals surface area contributed by atoms with Gasteiger partial charge in [-0.2, -0.15) is 0 Å². The number of imidazole rings is 1. The molecule has 1 aromatic carbocycles. The van der Waals surface area contributed by atoms with Gasteiger partial charge in [-0.05, 0) is 18.6 Å². The first-order valence-corrected chi connectivity index (χ1v) is 7.33. The molecule has 3 nitrogen and oxygen atoms in total. The monoisotopic (exact) mass is 279 g/mol. The Labute approximate surface area is 126 Å². The van der Waals surface area contributed by atoms with Crippen molar-refractivity contribution in [2.75, 3.05) is 0 Å². The third kappa shape index (κ3) is 3.57. The molecule has 0 aliphatic heterocycles. The highest BCUT2D eigenvalue weighted by atomic mass is 15.0. The number of nitrogens with zero attached hydrogens (tertiary/aromatic N) is 3. The number of pyridine rings is 1. The minimum absolute atomic E-state index is 0.250. The molecule has 0 aliphatic carbocycles. The van der Waals surface area contributed by atoms with Crippen LogP contribution in [-0.4, -0.2) is 14.5 Å². The Hall–Kier alpha value is -2.42. The summed E-state index contributed by atoms with van der Waals surface area (Å²) in [7, 11) is 0. The SMILES string of the molecule is CC.CC(c1ccc(-c2ccccc2)nc1)n1ccnc1.